The zero-order valence-electron chi connectivity index (χ0n) is 14.5. The van der Waals surface area contributed by atoms with Gasteiger partial charge in [0.25, 0.3) is 5.91 Å². The molecule has 4 rings (SSSR count). The molecule has 1 aromatic carbocycles. The first-order valence-electron chi connectivity index (χ1n) is 8.62. The number of benzene rings is 1. The Labute approximate surface area is 155 Å². The maximum Gasteiger partial charge on any atom is 0.289 e. The molecule has 1 saturated heterocycles. The van der Waals surface area contributed by atoms with Crippen molar-refractivity contribution < 1.29 is 13.6 Å². The van der Waals surface area contributed by atoms with Crippen molar-refractivity contribution in [1.82, 2.24) is 14.9 Å². The minimum Gasteiger partial charge on any atom is -0.459 e. The van der Waals surface area contributed by atoms with Crippen LogP contribution in [0.1, 0.15) is 10.6 Å². The van der Waals surface area contributed by atoms with Crippen LogP contribution in [0.3, 0.4) is 0 Å². The average molecular weight is 367 g/mol. The fourth-order valence-electron chi connectivity index (χ4n) is 2.92. The standard InChI is InChI=1S/C19H18FN5O2/c20-14-3-5-15(6-4-14)22-17-7-8-21-19(23-17)25-11-9-24(10-12-25)18(26)16-2-1-13-27-16/h1-8,13H,9-12H2,(H,21,22,23). The Morgan fingerprint density at radius 2 is 1.85 bits per heavy atom. The van der Waals surface area contributed by atoms with Crippen LogP contribution in [-0.4, -0.2) is 47.0 Å². The van der Waals surface area contributed by atoms with Crippen molar-refractivity contribution in [2.75, 3.05) is 36.4 Å². The number of carbonyl (C=O) groups is 1. The van der Waals surface area contributed by atoms with E-state index in [1.165, 1.54) is 18.4 Å². The smallest absolute Gasteiger partial charge is 0.289 e. The summed E-state index contributed by atoms with van der Waals surface area (Å²) in [6, 6.07) is 11.2. The number of nitrogens with one attached hydrogen (secondary N) is 1. The van der Waals surface area contributed by atoms with Crippen LogP contribution in [0.4, 0.5) is 21.8 Å². The third-order valence-electron chi connectivity index (χ3n) is 4.34. The van der Waals surface area contributed by atoms with Gasteiger partial charge in [-0.2, -0.15) is 4.98 Å². The van der Waals surface area contributed by atoms with Crippen LogP contribution < -0.4 is 10.2 Å². The van der Waals surface area contributed by atoms with E-state index in [1.54, 1.807) is 41.4 Å². The lowest BCUT2D eigenvalue weighted by molar-refractivity contribution is 0.0714. The van der Waals surface area contributed by atoms with E-state index in [4.69, 9.17) is 4.42 Å². The number of piperazine rings is 1. The van der Waals surface area contributed by atoms with Crippen molar-refractivity contribution in [3.8, 4) is 0 Å². The van der Waals surface area contributed by atoms with Gasteiger partial charge in [-0.15, -0.1) is 0 Å². The Balaban J connectivity index is 1.40. The molecule has 0 aliphatic carbocycles. The summed E-state index contributed by atoms with van der Waals surface area (Å²) in [5.74, 6) is 1.18. The molecule has 0 unspecified atom stereocenters. The van der Waals surface area contributed by atoms with Gasteiger partial charge in [-0.25, -0.2) is 9.37 Å². The molecule has 3 aromatic rings. The van der Waals surface area contributed by atoms with Gasteiger partial charge in [0.05, 0.1) is 6.26 Å². The van der Waals surface area contributed by atoms with Crippen LogP contribution in [0.5, 0.6) is 0 Å². The fraction of sp³-hybridized carbons (Fsp3) is 0.211. The third kappa shape index (κ3) is 3.89. The highest BCUT2D eigenvalue weighted by Gasteiger charge is 2.24. The SMILES string of the molecule is O=C(c1ccco1)N1CCN(c2nccc(Nc3ccc(F)cc3)n2)CC1. The summed E-state index contributed by atoms with van der Waals surface area (Å²) in [6.45, 7) is 2.40. The topological polar surface area (TPSA) is 74.5 Å². The second-order valence-electron chi connectivity index (χ2n) is 6.13. The number of furan rings is 1. The Kier molecular flexibility index (Phi) is 4.69. The van der Waals surface area contributed by atoms with Crippen LogP contribution in [0.2, 0.25) is 0 Å². The lowest BCUT2D eigenvalue weighted by Gasteiger charge is -2.34. The predicted octanol–water partition coefficient (Wildman–Crippen LogP) is 2.91. The van der Waals surface area contributed by atoms with E-state index in [-0.39, 0.29) is 11.7 Å². The second kappa shape index (κ2) is 7.45. The Morgan fingerprint density at radius 1 is 1.07 bits per heavy atom. The lowest BCUT2D eigenvalue weighted by Crippen LogP contribution is -2.49. The molecule has 1 aliphatic heterocycles. The predicted molar refractivity (Wildman–Crippen MR) is 98.5 cm³/mol. The van der Waals surface area contributed by atoms with Crippen molar-refractivity contribution in [2.45, 2.75) is 0 Å². The van der Waals surface area contributed by atoms with Gasteiger partial charge in [-0.1, -0.05) is 0 Å². The van der Waals surface area contributed by atoms with Gasteiger partial charge in [-0.05, 0) is 42.5 Å². The number of amides is 1. The van der Waals surface area contributed by atoms with E-state index in [1.807, 2.05) is 4.90 Å². The second-order valence-corrected chi connectivity index (χ2v) is 6.13. The Morgan fingerprint density at radius 3 is 2.56 bits per heavy atom. The van der Waals surface area contributed by atoms with Crippen molar-refractivity contribution in [2.24, 2.45) is 0 Å². The summed E-state index contributed by atoms with van der Waals surface area (Å²) in [6.07, 6.45) is 3.17. The molecule has 0 radical (unpaired) electrons. The van der Waals surface area contributed by atoms with E-state index in [0.717, 1.165) is 5.69 Å². The quantitative estimate of drug-likeness (QED) is 0.764. The number of hydrogen-bond acceptors (Lipinski definition) is 6. The molecule has 7 nitrogen and oxygen atoms in total. The fourth-order valence-corrected chi connectivity index (χ4v) is 2.92. The molecule has 27 heavy (non-hydrogen) atoms. The van der Waals surface area contributed by atoms with Gasteiger partial charge in [0, 0.05) is 38.1 Å². The highest BCUT2D eigenvalue weighted by atomic mass is 19.1. The molecular weight excluding hydrogens is 349 g/mol. The highest BCUT2D eigenvalue weighted by Crippen LogP contribution is 2.18. The molecule has 0 spiro atoms. The molecule has 3 heterocycles. The van der Waals surface area contributed by atoms with Gasteiger partial charge in [0.1, 0.15) is 11.6 Å². The number of nitrogens with zero attached hydrogens (tertiary/aromatic N) is 4. The van der Waals surface area contributed by atoms with Crippen LogP contribution in [0, 0.1) is 5.82 Å². The molecule has 1 aliphatic rings. The van der Waals surface area contributed by atoms with Crippen LogP contribution in [0.25, 0.3) is 0 Å². The van der Waals surface area contributed by atoms with Gasteiger partial charge in [0.15, 0.2) is 5.76 Å². The number of rotatable bonds is 4. The minimum atomic E-state index is -0.286. The number of aromatic nitrogens is 2. The summed E-state index contributed by atoms with van der Waals surface area (Å²) in [7, 11) is 0. The number of hydrogen-bond donors (Lipinski definition) is 1. The maximum atomic E-state index is 13.0. The van der Waals surface area contributed by atoms with Crippen molar-refractivity contribution in [3.63, 3.8) is 0 Å². The third-order valence-corrected chi connectivity index (χ3v) is 4.34. The summed E-state index contributed by atoms with van der Waals surface area (Å²) in [4.78, 5) is 25.0. The lowest BCUT2D eigenvalue weighted by atomic mass is 10.3. The van der Waals surface area contributed by atoms with E-state index < -0.39 is 0 Å². The molecule has 0 saturated carbocycles. The van der Waals surface area contributed by atoms with E-state index in [2.05, 4.69) is 15.3 Å². The van der Waals surface area contributed by atoms with Gasteiger partial charge in [-0.3, -0.25) is 4.79 Å². The van der Waals surface area contributed by atoms with Crippen molar-refractivity contribution in [1.29, 1.82) is 0 Å². The Hall–Kier alpha value is -3.42. The first-order valence-corrected chi connectivity index (χ1v) is 8.62. The zero-order chi connectivity index (χ0) is 18.6. The molecule has 1 N–H and O–H groups in total. The number of anilines is 3. The summed E-state index contributed by atoms with van der Waals surface area (Å²) in [5.41, 5.74) is 0.745. The van der Waals surface area contributed by atoms with Gasteiger partial charge < -0.3 is 19.5 Å². The maximum absolute atomic E-state index is 13.0. The number of carbonyl (C=O) groups excluding carboxylic acids is 1. The van der Waals surface area contributed by atoms with Crippen LogP contribution in [-0.2, 0) is 0 Å². The molecule has 0 atom stereocenters. The Bertz CT molecular complexity index is 906. The van der Waals surface area contributed by atoms with Gasteiger partial charge >= 0.3 is 0 Å². The molecule has 1 fully saturated rings. The monoisotopic (exact) mass is 367 g/mol. The molecule has 1 amide bonds. The van der Waals surface area contributed by atoms with E-state index in [9.17, 15) is 9.18 Å². The number of halogens is 1. The molecule has 8 heteroatoms. The first kappa shape index (κ1) is 17.0. The minimum absolute atomic E-state index is 0.104. The van der Waals surface area contributed by atoms with Crippen LogP contribution in [0.15, 0.2) is 59.3 Å². The van der Waals surface area contributed by atoms with Crippen molar-refractivity contribution in [3.05, 3.63) is 66.5 Å². The molecular formula is C19H18FN5O2. The average Bonchev–Trinajstić information content (AvgIpc) is 3.24. The highest BCUT2D eigenvalue weighted by molar-refractivity contribution is 5.91. The normalized spacial score (nSPS) is 14.3. The largest absolute Gasteiger partial charge is 0.459 e. The van der Waals surface area contributed by atoms with E-state index >= 15 is 0 Å². The first-order chi connectivity index (χ1) is 13.2. The van der Waals surface area contributed by atoms with E-state index in [0.29, 0.717) is 43.7 Å². The molecule has 138 valence electrons. The molecule has 2 aromatic heterocycles. The summed E-state index contributed by atoms with van der Waals surface area (Å²) in [5, 5.41) is 3.13. The van der Waals surface area contributed by atoms with Crippen LogP contribution >= 0.6 is 0 Å². The van der Waals surface area contributed by atoms with Gasteiger partial charge in [0.2, 0.25) is 5.95 Å². The summed E-state index contributed by atoms with van der Waals surface area (Å²) < 4.78 is 18.2. The van der Waals surface area contributed by atoms with Crippen molar-refractivity contribution >= 4 is 23.4 Å². The zero-order valence-corrected chi connectivity index (χ0v) is 14.5. The molecule has 0 bridgehead atoms. The summed E-state index contributed by atoms with van der Waals surface area (Å²) >= 11 is 0.